The van der Waals surface area contributed by atoms with Gasteiger partial charge in [0.1, 0.15) is 6.10 Å². The number of rotatable bonds is 0. The molecule has 0 aromatic carbocycles. The van der Waals surface area contributed by atoms with Crippen molar-refractivity contribution in [2.24, 2.45) is 0 Å². The van der Waals surface area contributed by atoms with Crippen molar-refractivity contribution in [3.05, 3.63) is 0 Å². The van der Waals surface area contributed by atoms with Crippen molar-refractivity contribution in [2.75, 3.05) is 0 Å². The van der Waals surface area contributed by atoms with E-state index in [0.717, 1.165) is 12.8 Å². The first-order valence-corrected chi connectivity index (χ1v) is 3.33. The highest BCUT2D eigenvalue weighted by molar-refractivity contribution is 5.70. The van der Waals surface area contributed by atoms with E-state index in [4.69, 9.17) is 4.74 Å². The second-order valence-corrected chi connectivity index (χ2v) is 2.63. The Balaban J connectivity index is 2.09. The molecule has 1 saturated heterocycles. The molecule has 1 amide bonds. The molecule has 1 aliphatic heterocycles. The van der Waals surface area contributed by atoms with Gasteiger partial charge in [-0.1, -0.05) is 0 Å². The Morgan fingerprint density at radius 1 is 1.56 bits per heavy atom. The zero-order valence-electron chi connectivity index (χ0n) is 5.09. The van der Waals surface area contributed by atoms with Crippen LogP contribution in [0.3, 0.4) is 0 Å². The molecule has 50 valence electrons. The molecule has 0 spiro atoms. The zero-order valence-corrected chi connectivity index (χ0v) is 5.09. The van der Waals surface area contributed by atoms with Gasteiger partial charge >= 0.3 is 6.09 Å². The highest BCUT2D eigenvalue weighted by atomic mass is 16.6. The van der Waals surface area contributed by atoms with Crippen LogP contribution in [0.5, 0.6) is 0 Å². The average molecular weight is 127 g/mol. The lowest BCUT2D eigenvalue weighted by Crippen LogP contribution is -2.26. The second-order valence-electron chi connectivity index (χ2n) is 2.63. The van der Waals surface area contributed by atoms with Gasteiger partial charge in [-0.15, -0.1) is 0 Å². The van der Waals surface area contributed by atoms with E-state index in [1.807, 2.05) is 0 Å². The van der Waals surface area contributed by atoms with Crippen molar-refractivity contribution in [3.63, 3.8) is 0 Å². The summed E-state index contributed by atoms with van der Waals surface area (Å²) in [5.74, 6) is 0. The predicted octanol–water partition coefficient (Wildman–Crippen LogP) is 0.647. The van der Waals surface area contributed by atoms with Crippen LogP contribution in [0.15, 0.2) is 0 Å². The highest BCUT2D eigenvalue weighted by Gasteiger charge is 2.37. The van der Waals surface area contributed by atoms with Crippen LogP contribution < -0.4 is 5.32 Å². The lowest BCUT2D eigenvalue weighted by molar-refractivity contribution is 0.137. The van der Waals surface area contributed by atoms with Gasteiger partial charge in [0.15, 0.2) is 0 Å². The van der Waals surface area contributed by atoms with Gasteiger partial charge in [0.2, 0.25) is 0 Å². The van der Waals surface area contributed by atoms with E-state index < -0.39 is 0 Å². The molecule has 1 N–H and O–H groups in total. The fourth-order valence-corrected chi connectivity index (χ4v) is 1.56. The van der Waals surface area contributed by atoms with Crippen molar-refractivity contribution in [1.82, 2.24) is 5.32 Å². The van der Waals surface area contributed by atoms with Crippen molar-refractivity contribution < 1.29 is 9.53 Å². The molecule has 2 aliphatic rings. The van der Waals surface area contributed by atoms with Crippen molar-refractivity contribution in [3.8, 4) is 0 Å². The number of amides is 1. The lowest BCUT2D eigenvalue weighted by atomic mass is 10.2. The third kappa shape index (κ3) is 0.677. The number of alkyl carbamates (subject to hydrolysis) is 1. The second kappa shape index (κ2) is 1.62. The maximum absolute atomic E-state index is 10.5. The predicted molar refractivity (Wildman–Crippen MR) is 31.0 cm³/mol. The number of nitrogens with one attached hydrogen (secondary N) is 1. The maximum Gasteiger partial charge on any atom is 0.407 e. The van der Waals surface area contributed by atoms with Gasteiger partial charge in [-0.05, 0) is 19.3 Å². The van der Waals surface area contributed by atoms with E-state index in [9.17, 15) is 4.79 Å². The Bertz CT molecular complexity index is 132. The number of hydrogen-bond donors (Lipinski definition) is 1. The van der Waals surface area contributed by atoms with E-state index in [2.05, 4.69) is 5.32 Å². The molecular formula is C6H9NO2. The first kappa shape index (κ1) is 5.09. The van der Waals surface area contributed by atoms with Gasteiger partial charge in [0.25, 0.3) is 0 Å². The van der Waals surface area contributed by atoms with Gasteiger partial charge in [-0.25, -0.2) is 4.79 Å². The summed E-state index contributed by atoms with van der Waals surface area (Å²) in [6, 6.07) is 0.331. The molecule has 0 aromatic heterocycles. The van der Waals surface area contributed by atoms with Gasteiger partial charge in [0.05, 0.1) is 6.04 Å². The first-order valence-electron chi connectivity index (χ1n) is 3.33. The van der Waals surface area contributed by atoms with Crippen LogP contribution in [0.4, 0.5) is 4.79 Å². The van der Waals surface area contributed by atoms with Gasteiger partial charge in [0, 0.05) is 0 Å². The standard InChI is InChI=1S/C6H9NO2/c8-6-7-4-2-1-3-5(4)9-6/h4-5H,1-3H2,(H,7,8)/t4-,5+/m0/s1. The summed E-state index contributed by atoms with van der Waals surface area (Å²) in [7, 11) is 0. The molecule has 1 heterocycles. The Hall–Kier alpha value is -0.730. The molecule has 2 fully saturated rings. The average Bonchev–Trinajstić information content (AvgIpc) is 2.22. The van der Waals surface area contributed by atoms with Crippen LogP contribution in [0.2, 0.25) is 0 Å². The summed E-state index contributed by atoms with van der Waals surface area (Å²) in [5.41, 5.74) is 0. The van der Waals surface area contributed by atoms with Crippen molar-refractivity contribution in [2.45, 2.75) is 31.4 Å². The number of ether oxygens (including phenoxy) is 1. The number of hydrogen-bond acceptors (Lipinski definition) is 2. The van der Waals surface area contributed by atoms with Crippen LogP contribution in [-0.2, 0) is 4.74 Å². The Labute approximate surface area is 53.4 Å². The topological polar surface area (TPSA) is 38.3 Å². The molecular weight excluding hydrogens is 118 g/mol. The van der Waals surface area contributed by atoms with E-state index in [1.54, 1.807) is 0 Å². The zero-order chi connectivity index (χ0) is 6.27. The smallest absolute Gasteiger partial charge is 0.407 e. The van der Waals surface area contributed by atoms with Crippen LogP contribution in [0.1, 0.15) is 19.3 Å². The minimum Gasteiger partial charge on any atom is -0.444 e. The van der Waals surface area contributed by atoms with Gasteiger partial charge in [-0.3, -0.25) is 0 Å². The van der Waals surface area contributed by atoms with Crippen LogP contribution in [0.25, 0.3) is 0 Å². The first-order chi connectivity index (χ1) is 4.36. The van der Waals surface area contributed by atoms with Crippen molar-refractivity contribution in [1.29, 1.82) is 0 Å². The summed E-state index contributed by atoms with van der Waals surface area (Å²) in [6.07, 6.45) is 3.29. The van der Waals surface area contributed by atoms with E-state index in [0.29, 0.717) is 6.04 Å². The Morgan fingerprint density at radius 2 is 2.44 bits per heavy atom. The highest BCUT2D eigenvalue weighted by Crippen LogP contribution is 2.25. The molecule has 0 radical (unpaired) electrons. The van der Waals surface area contributed by atoms with Crippen LogP contribution in [0, 0.1) is 0 Å². The number of carbonyl (C=O) groups excluding carboxylic acids is 1. The maximum atomic E-state index is 10.5. The largest absolute Gasteiger partial charge is 0.444 e. The van der Waals surface area contributed by atoms with E-state index in [1.165, 1.54) is 6.42 Å². The summed E-state index contributed by atoms with van der Waals surface area (Å²) < 4.78 is 4.94. The monoisotopic (exact) mass is 127 g/mol. The molecule has 0 unspecified atom stereocenters. The molecule has 2 rings (SSSR count). The normalized spacial score (nSPS) is 39.8. The van der Waals surface area contributed by atoms with Crippen LogP contribution >= 0.6 is 0 Å². The van der Waals surface area contributed by atoms with Gasteiger partial charge in [-0.2, -0.15) is 0 Å². The molecule has 2 atom stereocenters. The fourth-order valence-electron chi connectivity index (χ4n) is 1.56. The molecule has 1 aliphatic carbocycles. The van der Waals surface area contributed by atoms with Gasteiger partial charge < -0.3 is 10.1 Å². The summed E-state index contributed by atoms with van der Waals surface area (Å²) in [6.45, 7) is 0. The van der Waals surface area contributed by atoms with E-state index >= 15 is 0 Å². The molecule has 0 aromatic rings. The quantitative estimate of drug-likeness (QED) is 0.518. The molecule has 1 saturated carbocycles. The lowest BCUT2D eigenvalue weighted by Gasteiger charge is -2.02. The van der Waals surface area contributed by atoms with Crippen LogP contribution in [-0.4, -0.2) is 18.2 Å². The minimum absolute atomic E-state index is 0.192. The summed E-state index contributed by atoms with van der Waals surface area (Å²) >= 11 is 0. The van der Waals surface area contributed by atoms with E-state index in [-0.39, 0.29) is 12.2 Å². The number of carbonyl (C=O) groups is 1. The summed E-state index contributed by atoms with van der Waals surface area (Å²) in [5, 5.41) is 2.75. The Morgan fingerprint density at radius 3 is 3.22 bits per heavy atom. The molecule has 9 heavy (non-hydrogen) atoms. The Kier molecular flexibility index (Phi) is 0.917. The molecule has 0 bridgehead atoms. The third-order valence-corrected chi connectivity index (χ3v) is 2.01. The third-order valence-electron chi connectivity index (χ3n) is 2.01. The minimum atomic E-state index is -0.232. The fraction of sp³-hybridized carbons (Fsp3) is 0.833. The SMILES string of the molecule is O=C1N[C@H]2CCC[C@H]2O1. The molecule has 3 nitrogen and oxygen atoms in total. The number of fused-ring (bicyclic) bond motifs is 1. The molecule has 3 heteroatoms. The van der Waals surface area contributed by atoms with Crippen molar-refractivity contribution >= 4 is 6.09 Å². The summed E-state index contributed by atoms with van der Waals surface area (Å²) in [4.78, 5) is 10.5.